The number of hydrogen-bond acceptors (Lipinski definition) is 4. The minimum absolute atomic E-state index is 0.0583. The molecule has 6 nitrogen and oxygen atoms in total. The molecule has 1 fully saturated rings. The molecule has 1 saturated heterocycles. The predicted octanol–water partition coefficient (Wildman–Crippen LogP) is -1.14. The van der Waals surface area contributed by atoms with Crippen LogP contribution in [0, 0.1) is 0 Å². The van der Waals surface area contributed by atoms with Crippen LogP contribution >= 0.6 is 0 Å². The van der Waals surface area contributed by atoms with Gasteiger partial charge < -0.3 is 10.6 Å². The summed E-state index contributed by atoms with van der Waals surface area (Å²) in [7, 11) is 1.42. The van der Waals surface area contributed by atoms with Gasteiger partial charge in [-0.2, -0.15) is 0 Å². The van der Waals surface area contributed by atoms with Crippen molar-refractivity contribution < 1.29 is 14.4 Å². The van der Waals surface area contributed by atoms with Crippen molar-refractivity contribution >= 4 is 17.7 Å². The Kier molecular flexibility index (Phi) is 4.00. The molecule has 0 aromatic rings. The average molecular weight is 227 g/mol. The molecule has 3 amide bonds. The van der Waals surface area contributed by atoms with E-state index in [-0.39, 0.29) is 36.7 Å². The van der Waals surface area contributed by atoms with E-state index in [4.69, 9.17) is 0 Å². The normalized spacial score (nSPS) is 20.8. The summed E-state index contributed by atoms with van der Waals surface area (Å²) in [4.78, 5) is 35.1. The molecule has 1 rings (SSSR count). The molecule has 0 bridgehead atoms. The smallest absolute Gasteiger partial charge is 0.252 e. The van der Waals surface area contributed by atoms with Crippen molar-refractivity contribution in [3.8, 4) is 0 Å². The lowest BCUT2D eigenvalue weighted by molar-refractivity contribution is -0.138. The van der Waals surface area contributed by atoms with Gasteiger partial charge in [0.2, 0.25) is 11.8 Å². The molecule has 6 heteroatoms. The highest BCUT2D eigenvalue weighted by Gasteiger charge is 2.36. The zero-order valence-corrected chi connectivity index (χ0v) is 9.74. The maximum Gasteiger partial charge on any atom is 0.252 e. The van der Waals surface area contributed by atoms with Gasteiger partial charge in [-0.3, -0.25) is 19.3 Å². The van der Waals surface area contributed by atoms with E-state index in [0.29, 0.717) is 0 Å². The summed E-state index contributed by atoms with van der Waals surface area (Å²) in [5.74, 6) is -0.870. The van der Waals surface area contributed by atoms with E-state index >= 15 is 0 Å². The molecule has 1 aliphatic rings. The number of rotatable bonds is 4. The second kappa shape index (κ2) is 5.07. The van der Waals surface area contributed by atoms with Crippen LogP contribution in [-0.2, 0) is 14.4 Å². The van der Waals surface area contributed by atoms with Crippen LogP contribution in [0.3, 0.4) is 0 Å². The summed E-state index contributed by atoms with van der Waals surface area (Å²) >= 11 is 0. The van der Waals surface area contributed by atoms with Crippen molar-refractivity contribution in [3.05, 3.63) is 0 Å². The molecular formula is C10H17N3O3. The van der Waals surface area contributed by atoms with Gasteiger partial charge in [0.05, 0.1) is 13.0 Å². The molecule has 1 unspecified atom stereocenters. The zero-order valence-electron chi connectivity index (χ0n) is 9.74. The van der Waals surface area contributed by atoms with Crippen molar-refractivity contribution in [3.63, 3.8) is 0 Å². The van der Waals surface area contributed by atoms with Crippen molar-refractivity contribution in [2.45, 2.75) is 32.4 Å². The van der Waals surface area contributed by atoms with E-state index in [2.05, 4.69) is 10.6 Å². The van der Waals surface area contributed by atoms with Crippen LogP contribution in [0.25, 0.3) is 0 Å². The molecule has 1 aliphatic heterocycles. The molecule has 0 aromatic heterocycles. The number of likely N-dealkylation sites (N-methyl/N-ethyl adjacent to an activating group) is 1. The fourth-order valence-corrected chi connectivity index (χ4v) is 1.41. The van der Waals surface area contributed by atoms with Gasteiger partial charge in [-0.15, -0.1) is 0 Å². The first kappa shape index (κ1) is 12.6. The third-order valence-corrected chi connectivity index (χ3v) is 2.39. The summed E-state index contributed by atoms with van der Waals surface area (Å²) < 4.78 is 0. The second-order valence-corrected chi connectivity index (χ2v) is 4.15. The van der Waals surface area contributed by atoms with Crippen LogP contribution < -0.4 is 10.6 Å². The summed E-state index contributed by atoms with van der Waals surface area (Å²) in [6.45, 7) is 4.00. The van der Waals surface area contributed by atoms with E-state index in [1.54, 1.807) is 0 Å². The highest BCUT2D eigenvalue weighted by Crippen LogP contribution is 2.09. The summed E-state index contributed by atoms with van der Waals surface area (Å²) in [6, 6.07) is -0.492. The van der Waals surface area contributed by atoms with Crippen molar-refractivity contribution in [1.82, 2.24) is 15.5 Å². The van der Waals surface area contributed by atoms with E-state index in [9.17, 15) is 14.4 Å². The van der Waals surface area contributed by atoms with E-state index < -0.39 is 6.04 Å². The van der Waals surface area contributed by atoms with E-state index in [0.717, 1.165) is 4.90 Å². The Balaban J connectivity index is 2.41. The summed E-state index contributed by atoms with van der Waals surface area (Å²) in [5.41, 5.74) is 0. The lowest BCUT2D eigenvalue weighted by atomic mass is 10.2. The molecule has 0 saturated carbocycles. The maximum absolute atomic E-state index is 11.5. The Morgan fingerprint density at radius 2 is 2.12 bits per heavy atom. The number of carbonyl (C=O) groups excluding carboxylic acids is 3. The third kappa shape index (κ3) is 3.03. The fraction of sp³-hybridized carbons (Fsp3) is 0.700. The number of likely N-dealkylation sites (tertiary alicyclic amines) is 1. The summed E-state index contributed by atoms with van der Waals surface area (Å²) in [6.07, 6.45) is 0.0583. The lowest BCUT2D eigenvalue weighted by Crippen LogP contribution is -2.45. The number of carbonyl (C=O) groups is 3. The largest absolute Gasteiger partial charge is 0.343 e. The molecule has 2 N–H and O–H groups in total. The van der Waals surface area contributed by atoms with Crippen LogP contribution in [0.4, 0.5) is 0 Å². The van der Waals surface area contributed by atoms with Gasteiger partial charge in [-0.05, 0) is 0 Å². The number of imide groups is 1. The number of hydrogen-bond donors (Lipinski definition) is 2. The molecule has 0 spiro atoms. The zero-order chi connectivity index (χ0) is 12.3. The first-order valence-electron chi connectivity index (χ1n) is 5.25. The van der Waals surface area contributed by atoms with Gasteiger partial charge >= 0.3 is 0 Å². The highest BCUT2D eigenvalue weighted by molar-refractivity contribution is 6.06. The van der Waals surface area contributed by atoms with E-state index in [1.807, 2.05) is 13.8 Å². The van der Waals surface area contributed by atoms with Gasteiger partial charge in [0.25, 0.3) is 5.91 Å². The standard InChI is InChI=1S/C10H17N3O3/c1-6(2)11-5-8(14)12-7-4-9(15)13(3)10(7)16/h6-7,11H,4-5H2,1-3H3,(H,12,14). The van der Waals surface area contributed by atoms with Gasteiger partial charge in [0, 0.05) is 13.1 Å². The molecule has 1 atom stereocenters. The van der Waals surface area contributed by atoms with Gasteiger partial charge in [-0.1, -0.05) is 13.8 Å². The first-order valence-corrected chi connectivity index (χ1v) is 5.25. The molecule has 0 aromatic carbocycles. The molecule has 0 aliphatic carbocycles. The van der Waals surface area contributed by atoms with Crippen LogP contribution in [-0.4, -0.2) is 48.3 Å². The Morgan fingerprint density at radius 3 is 2.56 bits per heavy atom. The minimum atomic E-state index is -0.695. The monoisotopic (exact) mass is 227 g/mol. The molecule has 0 radical (unpaired) electrons. The van der Waals surface area contributed by atoms with Crippen molar-refractivity contribution in [2.75, 3.05) is 13.6 Å². The highest BCUT2D eigenvalue weighted by atomic mass is 16.2. The number of amides is 3. The molecule has 16 heavy (non-hydrogen) atoms. The lowest BCUT2D eigenvalue weighted by Gasteiger charge is -2.12. The molecule has 90 valence electrons. The number of nitrogens with zero attached hydrogens (tertiary/aromatic N) is 1. The topological polar surface area (TPSA) is 78.5 Å². The Morgan fingerprint density at radius 1 is 1.50 bits per heavy atom. The molecule has 1 heterocycles. The van der Waals surface area contributed by atoms with Gasteiger partial charge in [0.1, 0.15) is 6.04 Å². The van der Waals surface area contributed by atoms with Crippen molar-refractivity contribution in [2.24, 2.45) is 0 Å². The van der Waals surface area contributed by atoms with Crippen LogP contribution in [0.1, 0.15) is 20.3 Å². The predicted molar refractivity (Wildman–Crippen MR) is 57.5 cm³/mol. The Bertz CT molecular complexity index is 314. The van der Waals surface area contributed by atoms with Gasteiger partial charge in [-0.25, -0.2) is 0 Å². The average Bonchev–Trinajstić information content (AvgIpc) is 2.43. The molecular weight excluding hydrogens is 210 g/mol. The fourth-order valence-electron chi connectivity index (χ4n) is 1.41. The SMILES string of the molecule is CC(C)NCC(=O)NC1CC(=O)N(C)C1=O. The third-order valence-electron chi connectivity index (χ3n) is 2.39. The van der Waals surface area contributed by atoms with Crippen LogP contribution in [0.2, 0.25) is 0 Å². The Hall–Kier alpha value is -1.43. The Labute approximate surface area is 94.4 Å². The maximum atomic E-state index is 11.5. The quantitative estimate of drug-likeness (QED) is 0.595. The number of nitrogens with one attached hydrogen (secondary N) is 2. The van der Waals surface area contributed by atoms with E-state index in [1.165, 1.54) is 7.05 Å². The minimum Gasteiger partial charge on any atom is -0.343 e. The van der Waals surface area contributed by atoms with Crippen LogP contribution in [0.15, 0.2) is 0 Å². The van der Waals surface area contributed by atoms with Crippen molar-refractivity contribution in [1.29, 1.82) is 0 Å². The van der Waals surface area contributed by atoms with Crippen LogP contribution in [0.5, 0.6) is 0 Å². The first-order chi connectivity index (χ1) is 7.41. The second-order valence-electron chi connectivity index (χ2n) is 4.15. The van der Waals surface area contributed by atoms with Gasteiger partial charge in [0.15, 0.2) is 0 Å². The summed E-state index contributed by atoms with van der Waals surface area (Å²) in [5, 5.41) is 5.47.